The molecule has 12 nitrogen and oxygen atoms in total. The number of carbonyl (C=O) groups is 1. The Labute approximate surface area is 337 Å². The van der Waals surface area contributed by atoms with Gasteiger partial charge in [-0.3, -0.25) is 9.35 Å². The topological polar surface area (TPSA) is 178 Å². The highest BCUT2D eigenvalue weighted by Crippen LogP contribution is 2.26. The summed E-state index contributed by atoms with van der Waals surface area (Å²) >= 11 is 0. The Morgan fingerprint density at radius 1 is 0.696 bits per heavy atom. The van der Waals surface area contributed by atoms with Crippen LogP contribution in [0.2, 0.25) is 0 Å². The van der Waals surface area contributed by atoms with Crippen molar-refractivity contribution in [2.75, 3.05) is 26.4 Å². The van der Waals surface area contributed by atoms with Gasteiger partial charge in [0.05, 0.1) is 19.8 Å². The number of allylic oxidation sites excluding steroid dienone is 12. The van der Waals surface area contributed by atoms with Crippen molar-refractivity contribution >= 4 is 16.4 Å². The predicted molar refractivity (Wildman–Crippen MR) is 220 cm³/mol. The molecule has 1 saturated heterocycles. The van der Waals surface area contributed by atoms with Crippen LogP contribution in [-0.4, -0.2) is 97.5 Å². The van der Waals surface area contributed by atoms with E-state index >= 15 is 0 Å². The van der Waals surface area contributed by atoms with Crippen molar-refractivity contribution in [2.24, 2.45) is 0 Å². The van der Waals surface area contributed by atoms with Crippen molar-refractivity contribution in [2.45, 2.75) is 166 Å². The van der Waals surface area contributed by atoms with Gasteiger partial charge in [-0.1, -0.05) is 138 Å². The molecule has 13 heteroatoms. The largest absolute Gasteiger partial charge is 0.457 e. The Morgan fingerprint density at radius 3 is 1.73 bits per heavy atom. The van der Waals surface area contributed by atoms with Crippen LogP contribution in [0.4, 0.5) is 0 Å². The molecule has 4 N–H and O–H groups in total. The number of ether oxygens (including phenoxy) is 4. The second kappa shape index (κ2) is 34.6. The van der Waals surface area contributed by atoms with E-state index in [0.29, 0.717) is 13.0 Å². The Kier molecular flexibility index (Phi) is 31.8. The van der Waals surface area contributed by atoms with Gasteiger partial charge >= 0.3 is 16.4 Å². The lowest BCUT2D eigenvalue weighted by molar-refractivity contribution is -0.301. The maximum atomic E-state index is 12.7. The Bertz CT molecular complexity index is 1260. The Hall–Kier alpha value is -2.46. The lowest BCUT2D eigenvalue weighted by Crippen LogP contribution is -2.60. The third-order valence-corrected chi connectivity index (χ3v) is 9.31. The van der Waals surface area contributed by atoms with Gasteiger partial charge in [0.15, 0.2) is 6.29 Å². The van der Waals surface area contributed by atoms with Crippen molar-refractivity contribution in [1.29, 1.82) is 0 Å². The van der Waals surface area contributed by atoms with Gasteiger partial charge in [-0.2, -0.15) is 8.42 Å². The molecule has 0 aromatic carbocycles. The van der Waals surface area contributed by atoms with E-state index in [1.54, 1.807) is 0 Å². The number of hydrogen-bond acceptors (Lipinski definition) is 11. The van der Waals surface area contributed by atoms with Gasteiger partial charge in [0.1, 0.15) is 30.5 Å². The average molecular weight is 813 g/mol. The maximum Gasteiger partial charge on any atom is 0.397 e. The highest BCUT2D eigenvalue weighted by atomic mass is 32.3. The molecule has 0 aromatic heterocycles. The molecule has 0 spiro atoms. The molecule has 322 valence electrons. The van der Waals surface area contributed by atoms with Gasteiger partial charge in [0.2, 0.25) is 0 Å². The number of aliphatic hydroxyl groups is 3. The third-order valence-electron chi connectivity index (χ3n) is 8.84. The Balaban J connectivity index is 2.49. The first-order valence-corrected chi connectivity index (χ1v) is 22.1. The zero-order valence-corrected chi connectivity index (χ0v) is 34.7. The van der Waals surface area contributed by atoms with Crippen molar-refractivity contribution in [3.05, 3.63) is 72.9 Å². The van der Waals surface area contributed by atoms with Crippen LogP contribution in [0.15, 0.2) is 72.9 Å². The first-order valence-electron chi connectivity index (χ1n) is 20.7. The monoisotopic (exact) mass is 812 g/mol. The molecule has 1 aliphatic heterocycles. The van der Waals surface area contributed by atoms with Gasteiger partial charge in [-0.15, -0.1) is 0 Å². The van der Waals surface area contributed by atoms with Gasteiger partial charge < -0.3 is 34.3 Å². The van der Waals surface area contributed by atoms with Crippen molar-refractivity contribution in [3.8, 4) is 0 Å². The van der Waals surface area contributed by atoms with Crippen LogP contribution in [-0.2, 0) is 38.3 Å². The van der Waals surface area contributed by atoms with Crippen LogP contribution in [0, 0.1) is 0 Å². The SMILES string of the molecule is CC/C=C\C/C=C\C/C=C\C/C=C\C/C=C\C/C=C\CCCOCC(COC1OC(CO)C(O)C(OS(=O)(=O)O)C1O)OC(=O)CCCCCCCCCCC. The molecule has 0 aromatic rings. The fraction of sp³-hybridized carbons (Fsp3) is 0.698. The molecular weight excluding hydrogens is 741 g/mol. The molecule has 0 aliphatic carbocycles. The van der Waals surface area contributed by atoms with E-state index in [1.807, 2.05) is 0 Å². The number of carbonyl (C=O) groups excluding carboxylic acids is 1. The standard InChI is InChI=1S/C43H72O12S/c1-3-5-7-9-11-13-14-15-16-17-18-19-20-21-22-23-25-27-29-31-33-51-35-37(53-39(45)32-30-28-26-24-12-10-8-6-4-2)36-52-43-41(47)42(55-56(48,49)50)40(46)38(34-44)54-43/h5,7,11,13,15-16,18-19,21-22,25,27,37-38,40-44,46-47H,3-4,6,8-10,12,14,17,20,23-24,26,28-36H2,1-2H3,(H,48,49,50)/b7-5-,13-11-,16-15-,19-18-,22-21-,27-25-. The molecule has 6 atom stereocenters. The number of unbranched alkanes of at least 4 members (excludes halogenated alkanes) is 9. The van der Waals surface area contributed by atoms with Crippen LogP contribution in [0.1, 0.15) is 129 Å². The van der Waals surface area contributed by atoms with Crippen LogP contribution in [0.3, 0.4) is 0 Å². The van der Waals surface area contributed by atoms with Gasteiger partial charge in [0.25, 0.3) is 0 Å². The molecule has 0 saturated carbocycles. The molecule has 0 amide bonds. The molecule has 56 heavy (non-hydrogen) atoms. The van der Waals surface area contributed by atoms with Crippen LogP contribution in [0.5, 0.6) is 0 Å². The minimum Gasteiger partial charge on any atom is -0.457 e. The minimum absolute atomic E-state index is 0.00688. The molecular formula is C43H72O12S. The number of rotatable bonds is 34. The molecule has 1 rings (SSSR count). The molecule has 6 unspecified atom stereocenters. The smallest absolute Gasteiger partial charge is 0.397 e. The zero-order chi connectivity index (χ0) is 41.1. The van der Waals surface area contributed by atoms with Crippen LogP contribution >= 0.6 is 0 Å². The third kappa shape index (κ3) is 28.0. The number of esters is 1. The highest BCUT2D eigenvalue weighted by molar-refractivity contribution is 7.80. The predicted octanol–water partition coefficient (Wildman–Crippen LogP) is 7.96. The van der Waals surface area contributed by atoms with Gasteiger partial charge in [-0.25, -0.2) is 4.18 Å². The molecule has 0 radical (unpaired) electrons. The molecule has 1 aliphatic rings. The fourth-order valence-electron chi connectivity index (χ4n) is 5.75. The summed E-state index contributed by atoms with van der Waals surface area (Å²) in [5, 5.41) is 30.5. The van der Waals surface area contributed by atoms with E-state index in [-0.39, 0.29) is 19.6 Å². The summed E-state index contributed by atoms with van der Waals surface area (Å²) < 4.78 is 58.7. The molecule has 1 heterocycles. The summed E-state index contributed by atoms with van der Waals surface area (Å²) in [5.74, 6) is -0.426. The van der Waals surface area contributed by atoms with E-state index in [1.165, 1.54) is 32.1 Å². The average Bonchev–Trinajstić information content (AvgIpc) is 3.17. The van der Waals surface area contributed by atoms with E-state index in [9.17, 15) is 28.5 Å². The molecule has 1 fully saturated rings. The summed E-state index contributed by atoms with van der Waals surface area (Å²) in [5.41, 5.74) is 0. The number of hydrogen-bond donors (Lipinski definition) is 4. The van der Waals surface area contributed by atoms with Crippen LogP contribution < -0.4 is 0 Å². The lowest BCUT2D eigenvalue weighted by atomic mass is 9.99. The summed E-state index contributed by atoms with van der Waals surface area (Å²) in [6, 6.07) is 0. The van der Waals surface area contributed by atoms with E-state index in [4.69, 9.17) is 23.5 Å². The summed E-state index contributed by atoms with van der Waals surface area (Å²) in [4.78, 5) is 12.7. The quantitative estimate of drug-likeness (QED) is 0.0214. The van der Waals surface area contributed by atoms with Gasteiger partial charge in [0, 0.05) is 13.0 Å². The Morgan fingerprint density at radius 2 is 1.21 bits per heavy atom. The zero-order valence-electron chi connectivity index (χ0n) is 33.9. The second-order valence-corrected chi connectivity index (χ2v) is 14.9. The first-order chi connectivity index (χ1) is 27.1. The lowest BCUT2D eigenvalue weighted by Gasteiger charge is -2.41. The minimum atomic E-state index is -5.07. The van der Waals surface area contributed by atoms with Crippen molar-refractivity contribution in [1.82, 2.24) is 0 Å². The van der Waals surface area contributed by atoms with E-state index in [2.05, 4.69) is 90.9 Å². The summed E-state index contributed by atoms with van der Waals surface area (Å²) in [6.45, 7) is 3.66. The van der Waals surface area contributed by atoms with Crippen LogP contribution in [0.25, 0.3) is 0 Å². The summed E-state index contributed by atoms with van der Waals surface area (Å²) in [6.07, 6.45) is 33.9. The fourth-order valence-corrected chi connectivity index (χ4v) is 6.25. The van der Waals surface area contributed by atoms with Crippen molar-refractivity contribution < 1.29 is 56.2 Å². The van der Waals surface area contributed by atoms with Gasteiger partial charge in [-0.05, 0) is 57.8 Å². The van der Waals surface area contributed by atoms with Crippen molar-refractivity contribution in [3.63, 3.8) is 0 Å². The number of aliphatic hydroxyl groups excluding tert-OH is 3. The summed E-state index contributed by atoms with van der Waals surface area (Å²) in [7, 11) is -5.07. The normalized spacial score (nSPS) is 21.6. The van der Waals surface area contributed by atoms with E-state index in [0.717, 1.165) is 70.6 Å². The first kappa shape index (κ1) is 51.6. The highest BCUT2D eigenvalue weighted by Gasteiger charge is 2.48. The molecule has 0 bridgehead atoms. The second-order valence-electron chi connectivity index (χ2n) is 13.9. The van der Waals surface area contributed by atoms with E-state index < -0.39 is 59.8 Å². The maximum absolute atomic E-state index is 12.7.